The highest BCUT2D eigenvalue weighted by atomic mass is 16.3. The fraction of sp³-hybridized carbons (Fsp3) is 0.200. The molecule has 0 unspecified atom stereocenters. The van der Waals surface area contributed by atoms with E-state index in [2.05, 4.69) is 24.3 Å². The van der Waals surface area contributed by atoms with E-state index in [1.165, 1.54) is 0 Å². The van der Waals surface area contributed by atoms with Crippen molar-refractivity contribution in [3.8, 4) is 5.75 Å². The van der Waals surface area contributed by atoms with Gasteiger partial charge in [0.2, 0.25) is 0 Å². The summed E-state index contributed by atoms with van der Waals surface area (Å²) >= 11 is 0. The first-order valence-electron chi connectivity index (χ1n) is 7.76. The Morgan fingerprint density at radius 1 is 0.864 bits per heavy atom. The molecule has 2 aromatic rings. The van der Waals surface area contributed by atoms with E-state index in [4.69, 9.17) is 0 Å². The number of aromatic hydroxyl groups is 1. The summed E-state index contributed by atoms with van der Waals surface area (Å²) in [4.78, 5) is 0. The maximum Gasteiger partial charge on any atom is 0.123 e. The second-order valence-electron chi connectivity index (χ2n) is 5.90. The van der Waals surface area contributed by atoms with Gasteiger partial charge in [-0.15, -0.1) is 0 Å². The van der Waals surface area contributed by atoms with Gasteiger partial charge in [0.15, 0.2) is 0 Å². The third-order valence-electron chi connectivity index (χ3n) is 4.55. The first-order chi connectivity index (χ1) is 10.8. The largest absolute Gasteiger partial charge is 0.507 e. The Morgan fingerprint density at radius 2 is 1.68 bits per heavy atom. The van der Waals surface area contributed by atoms with Crippen molar-refractivity contribution in [1.29, 1.82) is 0 Å². The summed E-state index contributed by atoms with van der Waals surface area (Å²) in [6.07, 6.45) is 8.44. The number of fused-ring (bicyclic) bond motifs is 2. The quantitative estimate of drug-likeness (QED) is 0.802. The van der Waals surface area contributed by atoms with Crippen molar-refractivity contribution in [3.05, 3.63) is 62.8 Å². The van der Waals surface area contributed by atoms with Gasteiger partial charge in [0, 0.05) is 11.1 Å². The van der Waals surface area contributed by atoms with Crippen LogP contribution in [0.15, 0.2) is 36.4 Å². The van der Waals surface area contributed by atoms with Gasteiger partial charge in [0.1, 0.15) is 5.75 Å². The average molecular weight is 290 g/mol. The molecular weight excluding hydrogens is 272 g/mol. The van der Waals surface area contributed by atoms with E-state index < -0.39 is 6.10 Å². The first kappa shape index (κ1) is 13.4. The molecule has 0 saturated carbocycles. The molecule has 0 fully saturated rings. The van der Waals surface area contributed by atoms with Crippen molar-refractivity contribution >= 4 is 23.8 Å². The predicted molar refractivity (Wildman–Crippen MR) is 88.8 cm³/mol. The lowest BCUT2D eigenvalue weighted by molar-refractivity contribution is 0.237. The Bertz CT molecular complexity index is 983. The van der Waals surface area contributed by atoms with E-state index in [0.29, 0.717) is 6.42 Å². The normalized spacial score (nSPS) is 19.3. The van der Waals surface area contributed by atoms with Gasteiger partial charge < -0.3 is 10.2 Å². The second-order valence-corrected chi connectivity index (χ2v) is 5.90. The van der Waals surface area contributed by atoms with Crippen LogP contribution in [0.1, 0.15) is 24.8 Å². The highest BCUT2D eigenvalue weighted by molar-refractivity contribution is 5.76. The molecule has 0 heterocycles. The molecule has 2 aliphatic carbocycles. The van der Waals surface area contributed by atoms with E-state index in [9.17, 15) is 10.2 Å². The van der Waals surface area contributed by atoms with Crippen LogP contribution in [0.4, 0.5) is 0 Å². The van der Waals surface area contributed by atoms with Crippen molar-refractivity contribution in [2.75, 3.05) is 0 Å². The van der Waals surface area contributed by atoms with Crippen molar-refractivity contribution in [2.24, 2.45) is 0 Å². The van der Waals surface area contributed by atoms with Crippen molar-refractivity contribution in [2.45, 2.75) is 25.4 Å². The molecule has 2 aliphatic rings. The topological polar surface area (TPSA) is 40.5 Å². The Kier molecular flexibility index (Phi) is 3.12. The van der Waals surface area contributed by atoms with Crippen LogP contribution in [-0.4, -0.2) is 16.3 Å². The fourth-order valence-corrected chi connectivity index (χ4v) is 3.53. The highest BCUT2D eigenvalue weighted by Crippen LogP contribution is 2.24. The number of rotatable bonds is 1. The molecule has 4 rings (SSSR count). The van der Waals surface area contributed by atoms with Crippen LogP contribution in [0, 0.1) is 0 Å². The first-order valence-corrected chi connectivity index (χ1v) is 7.76. The van der Waals surface area contributed by atoms with E-state index >= 15 is 0 Å². The van der Waals surface area contributed by atoms with Crippen LogP contribution in [-0.2, 0) is 0 Å². The Morgan fingerprint density at radius 3 is 2.59 bits per heavy atom. The molecule has 2 N–H and O–H groups in total. The van der Waals surface area contributed by atoms with Gasteiger partial charge in [-0.05, 0) is 46.2 Å². The van der Waals surface area contributed by atoms with Crippen LogP contribution in [0.5, 0.6) is 5.75 Å². The minimum atomic E-state index is -0.581. The van der Waals surface area contributed by atoms with Crippen LogP contribution < -0.4 is 20.9 Å². The van der Waals surface area contributed by atoms with Crippen molar-refractivity contribution in [3.63, 3.8) is 0 Å². The minimum absolute atomic E-state index is 0.246. The molecular formula is C20H18O2. The number of aliphatic hydroxyl groups excluding tert-OH is 1. The summed E-state index contributed by atoms with van der Waals surface area (Å²) in [5, 5.41) is 25.4. The molecule has 110 valence electrons. The monoisotopic (exact) mass is 290 g/mol. The third kappa shape index (κ3) is 1.99. The van der Waals surface area contributed by atoms with Crippen LogP contribution in [0.3, 0.4) is 0 Å². The lowest BCUT2D eigenvalue weighted by Gasteiger charge is -2.20. The summed E-state index contributed by atoms with van der Waals surface area (Å²) in [6.45, 7) is 0. The summed E-state index contributed by atoms with van der Waals surface area (Å²) in [7, 11) is 0. The second kappa shape index (κ2) is 5.15. The zero-order valence-electron chi connectivity index (χ0n) is 12.3. The summed E-state index contributed by atoms with van der Waals surface area (Å²) in [5.41, 5.74) is 1.64. The lowest BCUT2D eigenvalue weighted by atomic mass is 9.88. The summed E-state index contributed by atoms with van der Waals surface area (Å²) in [5.74, 6) is 0.246. The number of benzene rings is 2. The minimum Gasteiger partial charge on any atom is -0.507 e. The number of aliphatic hydroxyl groups is 1. The summed E-state index contributed by atoms with van der Waals surface area (Å²) < 4.78 is 0. The molecule has 0 bridgehead atoms. The zero-order valence-corrected chi connectivity index (χ0v) is 12.3. The van der Waals surface area contributed by atoms with Gasteiger partial charge in [-0.1, -0.05) is 48.6 Å². The van der Waals surface area contributed by atoms with Gasteiger partial charge in [-0.2, -0.15) is 0 Å². The Hall–Kier alpha value is -2.32. The maximum absolute atomic E-state index is 10.6. The van der Waals surface area contributed by atoms with Crippen molar-refractivity contribution in [1.82, 2.24) is 0 Å². The van der Waals surface area contributed by atoms with Crippen LogP contribution in [0.2, 0.25) is 0 Å². The number of phenols is 1. The van der Waals surface area contributed by atoms with Crippen LogP contribution >= 0.6 is 0 Å². The van der Waals surface area contributed by atoms with Gasteiger partial charge >= 0.3 is 0 Å². The van der Waals surface area contributed by atoms with Gasteiger partial charge in [-0.25, -0.2) is 0 Å². The van der Waals surface area contributed by atoms with Gasteiger partial charge in [-0.3, -0.25) is 0 Å². The molecule has 0 radical (unpaired) electrons. The van der Waals surface area contributed by atoms with Gasteiger partial charge in [0.05, 0.1) is 6.10 Å². The standard InChI is InChI=1S/C20H18O2/c21-17-11-9-13-5-1-3-7-15(13)19(17)20-16-8-4-2-6-14(16)10-12-18(20)22/h1,3,5-10,12,17,21-22H,2,4,11H2/t17-/m1/s1. The molecule has 0 amide bonds. The lowest BCUT2D eigenvalue weighted by Crippen LogP contribution is -2.39. The van der Waals surface area contributed by atoms with Crippen molar-refractivity contribution < 1.29 is 10.2 Å². The number of hydrogen-bond donors (Lipinski definition) is 2. The molecule has 2 aromatic carbocycles. The van der Waals surface area contributed by atoms with Gasteiger partial charge in [0.25, 0.3) is 0 Å². The zero-order chi connectivity index (χ0) is 15.1. The molecule has 1 atom stereocenters. The highest BCUT2D eigenvalue weighted by Gasteiger charge is 2.21. The Labute approximate surface area is 128 Å². The van der Waals surface area contributed by atoms with E-state index in [1.54, 1.807) is 6.07 Å². The fourth-order valence-electron chi connectivity index (χ4n) is 3.53. The molecule has 0 saturated heterocycles. The van der Waals surface area contributed by atoms with Crippen LogP contribution in [0.25, 0.3) is 23.8 Å². The average Bonchev–Trinajstić information content (AvgIpc) is 2.56. The smallest absolute Gasteiger partial charge is 0.123 e. The molecule has 2 heteroatoms. The Balaban J connectivity index is 2.20. The van der Waals surface area contributed by atoms with E-state index in [-0.39, 0.29) is 5.75 Å². The summed E-state index contributed by atoms with van der Waals surface area (Å²) in [6, 6.07) is 11.8. The molecule has 0 aromatic heterocycles. The predicted octanol–water partition coefficient (Wildman–Crippen LogP) is 0.491. The van der Waals surface area contributed by atoms with E-state index in [0.717, 1.165) is 44.9 Å². The molecule has 0 aliphatic heterocycles. The molecule has 22 heavy (non-hydrogen) atoms. The third-order valence-corrected chi connectivity index (χ3v) is 4.55. The maximum atomic E-state index is 10.6. The SMILES string of the molecule is Oc1ccc2c(c1C1=c3ccccc3=CC[C@H]1O)=CCCC=2. The molecule has 2 nitrogen and oxygen atoms in total. The number of hydrogen-bond acceptors (Lipinski definition) is 2. The van der Waals surface area contributed by atoms with E-state index in [1.807, 2.05) is 24.3 Å². The molecule has 0 spiro atoms. The number of phenolic OH excluding ortho intramolecular Hbond substituents is 1.